The standard InChI is InChI=1S/C18H33N3/c1-5-7-12-21(13-8-6-2)18-17(10-9-11-20-18)15-19-14-16(3)4/h9-11,16,19H,5-8,12-15H2,1-4H3. The molecular formula is C18H33N3. The highest BCUT2D eigenvalue weighted by atomic mass is 15.2. The van der Waals surface area contributed by atoms with Gasteiger partial charge in [0, 0.05) is 31.4 Å². The summed E-state index contributed by atoms with van der Waals surface area (Å²) in [5.74, 6) is 1.86. The topological polar surface area (TPSA) is 28.2 Å². The molecule has 0 aliphatic carbocycles. The average molecular weight is 291 g/mol. The van der Waals surface area contributed by atoms with Crippen LogP contribution in [-0.2, 0) is 6.54 Å². The van der Waals surface area contributed by atoms with E-state index in [0.29, 0.717) is 5.92 Å². The van der Waals surface area contributed by atoms with Gasteiger partial charge in [0.15, 0.2) is 0 Å². The van der Waals surface area contributed by atoms with E-state index in [0.717, 1.165) is 26.2 Å². The second-order valence-electron chi connectivity index (χ2n) is 6.21. The number of aromatic nitrogens is 1. The molecule has 0 aliphatic heterocycles. The zero-order chi connectivity index (χ0) is 15.5. The Labute approximate surface area is 131 Å². The van der Waals surface area contributed by atoms with Gasteiger partial charge in [-0.05, 0) is 31.4 Å². The van der Waals surface area contributed by atoms with Crippen LogP contribution in [0.1, 0.15) is 58.9 Å². The Balaban J connectivity index is 2.75. The van der Waals surface area contributed by atoms with E-state index in [9.17, 15) is 0 Å². The third-order valence-corrected chi connectivity index (χ3v) is 3.60. The fourth-order valence-corrected chi connectivity index (χ4v) is 2.37. The van der Waals surface area contributed by atoms with Crippen LogP contribution in [-0.4, -0.2) is 24.6 Å². The molecule has 0 fully saturated rings. The SMILES string of the molecule is CCCCN(CCCC)c1ncccc1CNCC(C)C. The van der Waals surface area contributed by atoms with Gasteiger partial charge in [-0.25, -0.2) is 4.98 Å². The minimum Gasteiger partial charge on any atom is -0.356 e. The summed E-state index contributed by atoms with van der Waals surface area (Å²) in [6.45, 7) is 13.2. The van der Waals surface area contributed by atoms with Crippen molar-refractivity contribution in [2.45, 2.75) is 59.9 Å². The molecule has 0 saturated carbocycles. The molecule has 0 unspecified atom stereocenters. The zero-order valence-corrected chi connectivity index (χ0v) is 14.4. The van der Waals surface area contributed by atoms with E-state index >= 15 is 0 Å². The Hall–Kier alpha value is -1.09. The largest absolute Gasteiger partial charge is 0.356 e. The molecule has 3 heteroatoms. The van der Waals surface area contributed by atoms with Crippen molar-refractivity contribution in [2.24, 2.45) is 5.92 Å². The molecule has 0 spiro atoms. The molecule has 21 heavy (non-hydrogen) atoms. The van der Waals surface area contributed by atoms with E-state index in [-0.39, 0.29) is 0 Å². The summed E-state index contributed by atoms with van der Waals surface area (Å²) in [5.41, 5.74) is 1.32. The monoisotopic (exact) mass is 291 g/mol. The molecule has 1 aromatic heterocycles. The van der Waals surface area contributed by atoms with E-state index in [1.54, 1.807) is 0 Å². The molecular weight excluding hydrogens is 258 g/mol. The third-order valence-electron chi connectivity index (χ3n) is 3.60. The number of unbranched alkanes of at least 4 members (excludes halogenated alkanes) is 2. The van der Waals surface area contributed by atoms with E-state index in [2.05, 4.69) is 49.0 Å². The van der Waals surface area contributed by atoms with Gasteiger partial charge in [-0.1, -0.05) is 46.6 Å². The van der Waals surface area contributed by atoms with Crippen LogP contribution >= 0.6 is 0 Å². The Bertz CT molecular complexity index is 368. The molecule has 0 atom stereocenters. The molecule has 3 nitrogen and oxygen atoms in total. The molecule has 120 valence electrons. The Morgan fingerprint density at radius 1 is 1.14 bits per heavy atom. The van der Waals surface area contributed by atoms with Crippen LogP contribution in [0.3, 0.4) is 0 Å². The second-order valence-corrected chi connectivity index (χ2v) is 6.21. The van der Waals surface area contributed by atoms with Crippen molar-refractivity contribution in [2.75, 3.05) is 24.5 Å². The molecule has 0 aromatic carbocycles. The van der Waals surface area contributed by atoms with Crippen molar-refractivity contribution in [1.82, 2.24) is 10.3 Å². The summed E-state index contributed by atoms with van der Waals surface area (Å²) in [4.78, 5) is 7.14. The van der Waals surface area contributed by atoms with E-state index in [1.165, 1.54) is 37.1 Å². The van der Waals surface area contributed by atoms with Crippen molar-refractivity contribution in [3.8, 4) is 0 Å². The van der Waals surface area contributed by atoms with Gasteiger partial charge in [-0.2, -0.15) is 0 Å². The molecule has 0 aliphatic rings. The first-order chi connectivity index (χ1) is 10.2. The Kier molecular flexibility index (Phi) is 9.07. The van der Waals surface area contributed by atoms with Gasteiger partial charge in [0.1, 0.15) is 5.82 Å². The second kappa shape index (κ2) is 10.6. The van der Waals surface area contributed by atoms with Gasteiger partial charge in [-0.15, -0.1) is 0 Å². The molecule has 1 heterocycles. The van der Waals surface area contributed by atoms with Crippen LogP contribution in [0.15, 0.2) is 18.3 Å². The summed E-state index contributed by atoms with van der Waals surface area (Å²) in [6.07, 6.45) is 6.86. The maximum absolute atomic E-state index is 4.67. The number of hydrogen-bond donors (Lipinski definition) is 1. The molecule has 0 saturated heterocycles. The molecule has 1 rings (SSSR count). The fourth-order valence-electron chi connectivity index (χ4n) is 2.37. The Morgan fingerprint density at radius 3 is 2.38 bits per heavy atom. The number of rotatable bonds is 11. The summed E-state index contributed by atoms with van der Waals surface area (Å²) < 4.78 is 0. The Morgan fingerprint density at radius 2 is 1.81 bits per heavy atom. The van der Waals surface area contributed by atoms with E-state index in [1.807, 2.05) is 12.3 Å². The lowest BCUT2D eigenvalue weighted by molar-refractivity contribution is 0.550. The van der Waals surface area contributed by atoms with Crippen LogP contribution < -0.4 is 10.2 Å². The molecule has 0 radical (unpaired) electrons. The summed E-state index contributed by atoms with van der Waals surface area (Å²) >= 11 is 0. The number of nitrogens with one attached hydrogen (secondary N) is 1. The van der Waals surface area contributed by atoms with E-state index in [4.69, 9.17) is 0 Å². The highest BCUT2D eigenvalue weighted by Crippen LogP contribution is 2.18. The first-order valence-electron chi connectivity index (χ1n) is 8.58. The lowest BCUT2D eigenvalue weighted by atomic mass is 10.2. The average Bonchev–Trinajstić information content (AvgIpc) is 2.48. The first kappa shape index (κ1) is 18.0. The van der Waals surface area contributed by atoms with Gasteiger partial charge in [-0.3, -0.25) is 0 Å². The first-order valence-corrected chi connectivity index (χ1v) is 8.58. The van der Waals surface area contributed by atoms with Gasteiger partial charge in [0.2, 0.25) is 0 Å². The van der Waals surface area contributed by atoms with Gasteiger partial charge in [0.05, 0.1) is 0 Å². The van der Waals surface area contributed by atoms with Crippen LogP contribution in [0.4, 0.5) is 5.82 Å². The number of hydrogen-bond acceptors (Lipinski definition) is 3. The minimum atomic E-state index is 0.682. The van der Waals surface area contributed by atoms with Crippen LogP contribution in [0.5, 0.6) is 0 Å². The zero-order valence-electron chi connectivity index (χ0n) is 14.4. The van der Waals surface area contributed by atoms with Gasteiger partial charge >= 0.3 is 0 Å². The molecule has 1 aromatic rings. The fraction of sp³-hybridized carbons (Fsp3) is 0.722. The van der Waals surface area contributed by atoms with Crippen molar-refractivity contribution in [3.05, 3.63) is 23.9 Å². The lowest BCUT2D eigenvalue weighted by Crippen LogP contribution is -2.29. The molecule has 1 N–H and O–H groups in total. The van der Waals surface area contributed by atoms with Gasteiger partial charge in [0.25, 0.3) is 0 Å². The van der Waals surface area contributed by atoms with E-state index < -0.39 is 0 Å². The summed E-state index contributed by atoms with van der Waals surface area (Å²) in [7, 11) is 0. The van der Waals surface area contributed by atoms with Crippen molar-refractivity contribution in [1.29, 1.82) is 0 Å². The number of nitrogens with zero attached hydrogens (tertiary/aromatic N) is 2. The van der Waals surface area contributed by atoms with Crippen molar-refractivity contribution >= 4 is 5.82 Å². The van der Waals surface area contributed by atoms with Crippen LogP contribution in [0.2, 0.25) is 0 Å². The predicted molar refractivity (Wildman–Crippen MR) is 92.8 cm³/mol. The predicted octanol–water partition coefficient (Wildman–Crippen LogP) is 4.23. The smallest absolute Gasteiger partial charge is 0.133 e. The van der Waals surface area contributed by atoms with Crippen molar-refractivity contribution < 1.29 is 0 Å². The van der Waals surface area contributed by atoms with Crippen LogP contribution in [0.25, 0.3) is 0 Å². The number of anilines is 1. The molecule has 0 amide bonds. The maximum Gasteiger partial charge on any atom is 0.133 e. The lowest BCUT2D eigenvalue weighted by Gasteiger charge is -2.26. The van der Waals surface area contributed by atoms with Crippen molar-refractivity contribution in [3.63, 3.8) is 0 Å². The normalized spacial score (nSPS) is 11.1. The minimum absolute atomic E-state index is 0.682. The quantitative estimate of drug-likeness (QED) is 0.661. The number of pyridine rings is 1. The van der Waals surface area contributed by atoms with Gasteiger partial charge < -0.3 is 10.2 Å². The summed E-state index contributed by atoms with van der Waals surface area (Å²) in [5, 5.41) is 3.54. The highest BCUT2D eigenvalue weighted by molar-refractivity contribution is 5.46. The molecule has 0 bridgehead atoms. The van der Waals surface area contributed by atoms with Crippen LogP contribution in [0, 0.1) is 5.92 Å². The third kappa shape index (κ3) is 6.94. The maximum atomic E-state index is 4.67. The summed E-state index contributed by atoms with van der Waals surface area (Å²) in [6, 6.07) is 4.26. The highest BCUT2D eigenvalue weighted by Gasteiger charge is 2.11.